The van der Waals surface area contributed by atoms with E-state index in [9.17, 15) is 14.7 Å². The lowest BCUT2D eigenvalue weighted by atomic mass is 10.0. The Balaban J connectivity index is 1.82. The number of aromatic hydroxyl groups is 1. The molecule has 0 atom stereocenters. The van der Waals surface area contributed by atoms with Gasteiger partial charge >= 0.3 is 11.9 Å². The predicted molar refractivity (Wildman–Crippen MR) is 141 cm³/mol. The van der Waals surface area contributed by atoms with E-state index in [1.807, 2.05) is 49.8 Å². The van der Waals surface area contributed by atoms with Gasteiger partial charge in [-0.15, -0.1) is 11.3 Å². The van der Waals surface area contributed by atoms with Crippen LogP contribution >= 0.6 is 11.3 Å². The molecule has 0 amide bonds. The van der Waals surface area contributed by atoms with E-state index in [1.165, 1.54) is 18.4 Å². The Kier molecular flexibility index (Phi) is 7.52. The molecular weight excluding hydrogens is 478 g/mol. The molecule has 0 radical (unpaired) electrons. The molecule has 2 heterocycles. The molecule has 2 aromatic carbocycles. The van der Waals surface area contributed by atoms with E-state index in [2.05, 4.69) is 9.88 Å². The number of aromatic amines is 1. The third-order valence-corrected chi connectivity index (χ3v) is 6.61. The number of thiophene rings is 1. The number of hydrogen-bond donors (Lipinski definition) is 3. The number of nitrogens with zero attached hydrogens (tertiary/aromatic N) is 2. The molecule has 0 aliphatic rings. The summed E-state index contributed by atoms with van der Waals surface area (Å²) < 4.78 is 4.81. The van der Waals surface area contributed by atoms with E-state index in [0.717, 1.165) is 22.5 Å². The number of carbonyl (C=O) groups is 2. The van der Waals surface area contributed by atoms with Crippen LogP contribution in [0, 0.1) is 0 Å². The van der Waals surface area contributed by atoms with Gasteiger partial charge in [0, 0.05) is 23.9 Å². The first-order valence-corrected chi connectivity index (χ1v) is 12.2. The number of fused-ring (bicyclic) bond motifs is 1. The van der Waals surface area contributed by atoms with Crippen molar-refractivity contribution in [1.29, 1.82) is 0 Å². The zero-order valence-corrected chi connectivity index (χ0v) is 21.1. The standard InChI is InChI=1S/C27H27N3O5S/c1-30(2)14-16-4-8-19(9-5-16)28-25(22-12-17(15-36-22)6-11-23(31)32)24-20-10-7-18(27(34)35-3)13-21(20)29-26(24)33/h4-5,7-10,12-13,15,29,33H,6,11,14H2,1-3H3,(H,31,32). The van der Waals surface area contributed by atoms with Crippen molar-refractivity contribution in [2.24, 2.45) is 4.99 Å². The number of carbonyl (C=O) groups excluding carboxylic acids is 1. The number of benzene rings is 2. The Morgan fingerprint density at radius 3 is 2.50 bits per heavy atom. The van der Waals surface area contributed by atoms with Crippen molar-refractivity contribution >= 4 is 45.6 Å². The lowest BCUT2D eigenvalue weighted by Crippen LogP contribution is -2.10. The molecule has 36 heavy (non-hydrogen) atoms. The molecule has 0 spiro atoms. The van der Waals surface area contributed by atoms with Crippen molar-refractivity contribution in [3.63, 3.8) is 0 Å². The van der Waals surface area contributed by atoms with Gasteiger partial charge in [0.25, 0.3) is 0 Å². The van der Waals surface area contributed by atoms with Crippen LogP contribution in [-0.4, -0.2) is 59.0 Å². The number of ether oxygens (including phenoxy) is 1. The van der Waals surface area contributed by atoms with Gasteiger partial charge in [-0.05, 0) is 67.4 Å². The maximum absolute atomic E-state index is 12.0. The van der Waals surface area contributed by atoms with Gasteiger partial charge in [0.1, 0.15) is 0 Å². The lowest BCUT2D eigenvalue weighted by molar-refractivity contribution is -0.136. The highest BCUT2D eigenvalue weighted by Crippen LogP contribution is 2.34. The van der Waals surface area contributed by atoms with Crippen LogP contribution in [0.15, 0.2) is 58.9 Å². The van der Waals surface area contributed by atoms with Gasteiger partial charge in [-0.2, -0.15) is 0 Å². The first-order chi connectivity index (χ1) is 17.2. The minimum absolute atomic E-state index is 0.0324. The van der Waals surface area contributed by atoms with Gasteiger partial charge in [0.15, 0.2) is 5.88 Å². The van der Waals surface area contributed by atoms with Crippen molar-refractivity contribution < 1.29 is 24.5 Å². The van der Waals surface area contributed by atoms with E-state index < -0.39 is 11.9 Å². The zero-order valence-electron chi connectivity index (χ0n) is 20.2. The number of aliphatic imine (C=N–C) groups is 1. The smallest absolute Gasteiger partial charge is 0.337 e. The number of H-pyrrole nitrogens is 1. The number of hydrogen-bond acceptors (Lipinski definition) is 7. The highest BCUT2D eigenvalue weighted by atomic mass is 32.1. The average molecular weight is 506 g/mol. The van der Waals surface area contributed by atoms with Crippen molar-refractivity contribution in [2.75, 3.05) is 21.2 Å². The second kappa shape index (κ2) is 10.8. The van der Waals surface area contributed by atoms with Crippen LogP contribution in [0.3, 0.4) is 0 Å². The molecule has 0 saturated heterocycles. The van der Waals surface area contributed by atoms with Crippen molar-refractivity contribution in [3.8, 4) is 5.88 Å². The summed E-state index contributed by atoms with van der Waals surface area (Å²) in [7, 11) is 5.33. The maximum atomic E-state index is 12.0. The van der Waals surface area contributed by atoms with Crippen LogP contribution in [0.4, 0.5) is 5.69 Å². The van der Waals surface area contributed by atoms with Gasteiger partial charge < -0.3 is 24.8 Å². The largest absolute Gasteiger partial charge is 0.494 e. The Bertz CT molecular complexity index is 1430. The highest BCUT2D eigenvalue weighted by Gasteiger charge is 2.21. The molecule has 0 unspecified atom stereocenters. The molecule has 3 N–H and O–H groups in total. The summed E-state index contributed by atoms with van der Waals surface area (Å²) >= 11 is 1.44. The Hall–Kier alpha value is -3.95. The van der Waals surface area contributed by atoms with E-state index >= 15 is 0 Å². The van der Waals surface area contributed by atoms with Crippen LogP contribution < -0.4 is 0 Å². The molecule has 0 aliphatic carbocycles. The van der Waals surface area contributed by atoms with E-state index in [0.29, 0.717) is 39.8 Å². The molecule has 2 aromatic heterocycles. The first kappa shape index (κ1) is 25.2. The summed E-state index contributed by atoms with van der Waals surface area (Å²) in [5, 5.41) is 22.6. The maximum Gasteiger partial charge on any atom is 0.337 e. The van der Waals surface area contributed by atoms with Crippen molar-refractivity contribution in [1.82, 2.24) is 9.88 Å². The number of nitrogens with one attached hydrogen (secondary N) is 1. The fourth-order valence-electron chi connectivity index (χ4n) is 3.95. The Labute approximate surface area is 212 Å². The molecule has 0 saturated carbocycles. The van der Waals surface area contributed by atoms with E-state index in [-0.39, 0.29) is 12.3 Å². The third kappa shape index (κ3) is 5.64. The van der Waals surface area contributed by atoms with Gasteiger partial charge in [-0.3, -0.25) is 4.79 Å². The first-order valence-electron chi connectivity index (χ1n) is 11.3. The normalized spacial score (nSPS) is 11.8. The quantitative estimate of drug-likeness (QED) is 0.219. The summed E-state index contributed by atoms with van der Waals surface area (Å²) in [6.07, 6.45) is 0.436. The number of esters is 1. The summed E-state index contributed by atoms with van der Waals surface area (Å²) in [6, 6.07) is 14.8. The average Bonchev–Trinajstić information content (AvgIpc) is 3.44. The van der Waals surface area contributed by atoms with Crippen molar-refractivity contribution in [3.05, 3.63) is 81.0 Å². The topological polar surface area (TPSA) is 115 Å². The van der Waals surface area contributed by atoms with Crippen LogP contribution in [0.1, 0.15) is 38.3 Å². The predicted octanol–water partition coefficient (Wildman–Crippen LogP) is 4.97. The number of aromatic nitrogens is 1. The molecule has 4 rings (SSSR count). The minimum Gasteiger partial charge on any atom is -0.494 e. The van der Waals surface area contributed by atoms with Gasteiger partial charge in [0.2, 0.25) is 0 Å². The molecule has 0 bridgehead atoms. The van der Waals surface area contributed by atoms with Gasteiger partial charge in [-0.25, -0.2) is 9.79 Å². The highest BCUT2D eigenvalue weighted by molar-refractivity contribution is 7.12. The van der Waals surface area contributed by atoms with E-state index in [1.54, 1.807) is 18.2 Å². The summed E-state index contributed by atoms with van der Waals surface area (Å²) in [4.78, 5) is 33.8. The Morgan fingerprint density at radius 1 is 1.08 bits per heavy atom. The fraction of sp³-hybridized carbons (Fsp3) is 0.222. The molecule has 4 aromatic rings. The molecular formula is C27H27N3O5S. The van der Waals surface area contributed by atoms with Gasteiger partial charge in [0.05, 0.1) is 34.5 Å². The number of aliphatic carboxylic acids is 1. The summed E-state index contributed by atoms with van der Waals surface area (Å²) in [5.41, 5.74) is 4.74. The number of rotatable bonds is 9. The second-order valence-corrected chi connectivity index (χ2v) is 9.59. The minimum atomic E-state index is -0.856. The second-order valence-electron chi connectivity index (χ2n) is 8.68. The van der Waals surface area contributed by atoms with Crippen LogP contribution in [0.2, 0.25) is 0 Å². The number of aryl methyl sites for hydroxylation is 1. The number of carboxylic acid groups (broad SMARTS) is 1. The van der Waals surface area contributed by atoms with Gasteiger partial charge in [-0.1, -0.05) is 18.2 Å². The molecule has 0 aliphatic heterocycles. The van der Waals surface area contributed by atoms with Crippen molar-refractivity contribution in [2.45, 2.75) is 19.4 Å². The molecule has 0 fully saturated rings. The monoisotopic (exact) mass is 505 g/mol. The van der Waals surface area contributed by atoms with E-state index in [4.69, 9.17) is 14.8 Å². The van der Waals surface area contributed by atoms with Crippen LogP contribution in [0.5, 0.6) is 5.88 Å². The number of carboxylic acids is 1. The van der Waals surface area contributed by atoms with Crippen LogP contribution in [0.25, 0.3) is 10.9 Å². The Morgan fingerprint density at radius 2 is 1.83 bits per heavy atom. The molecule has 186 valence electrons. The molecule has 9 heteroatoms. The zero-order chi connectivity index (χ0) is 25.8. The van der Waals surface area contributed by atoms with Crippen LogP contribution in [-0.2, 0) is 22.5 Å². The lowest BCUT2D eigenvalue weighted by Gasteiger charge is -2.10. The number of methoxy groups -OCH3 is 1. The fourth-order valence-corrected chi connectivity index (χ4v) is 4.90. The third-order valence-electron chi connectivity index (χ3n) is 5.63. The summed E-state index contributed by atoms with van der Waals surface area (Å²) in [6.45, 7) is 0.806. The summed E-state index contributed by atoms with van der Waals surface area (Å²) in [5.74, 6) is -1.40. The molecule has 8 nitrogen and oxygen atoms in total. The SMILES string of the molecule is COC(=O)c1ccc2c(C(=Nc3ccc(CN(C)C)cc3)c3cc(CCC(=O)O)cs3)c(O)[nH]c2c1.